The maximum atomic E-state index is 12.5. The van der Waals surface area contributed by atoms with E-state index in [1.54, 1.807) is 10.7 Å². The zero-order chi connectivity index (χ0) is 17.4. The summed E-state index contributed by atoms with van der Waals surface area (Å²) in [6.07, 6.45) is 1.42. The summed E-state index contributed by atoms with van der Waals surface area (Å²) in [7, 11) is 1.82. The van der Waals surface area contributed by atoms with Crippen LogP contribution in [-0.2, 0) is 18.4 Å². The molecule has 7 nitrogen and oxygen atoms in total. The molecule has 1 N–H and O–H groups in total. The number of carbonyl (C=O) groups is 1. The molecule has 0 spiro atoms. The van der Waals surface area contributed by atoms with Gasteiger partial charge >= 0.3 is 0 Å². The maximum absolute atomic E-state index is 12.5. The van der Waals surface area contributed by atoms with Crippen molar-refractivity contribution in [3.8, 4) is 0 Å². The molecule has 0 radical (unpaired) electrons. The van der Waals surface area contributed by atoms with Gasteiger partial charge in [-0.1, -0.05) is 12.1 Å². The maximum Gasteiger partial charge on any atom is 0.261 e. The molecular formula is C17H19N5O2. The number of nitrogens with one attached hydrogen (secondary N) is 1. The summed E-state index contributed by atoms with van der Waals surface area (Å²) < 4.78 is 3.02. The lowest BCUT2D eigenvalue weighted by molar-refractivity contribution is -0.116. The third-order valence-corrected chi connectivity index (χ3v) is 4.14. The third kappa shape index (κ3) is 2.68. The first kappa shape index (κ1) is 15.9. The van der Waals surface area contributed by atoms with Gasteiger partial charge in [-0.15, -0.1) is 0 Å². The molecule has 0 unspecified atom stereocenters. The van der Waals surface area contributed by atoms with Crippen LogP contribution in [0.5, 0.6) is 0 Å². The molecule has 0 saturated carbocycles. The second-order valence-corrected chi connectivity index (χ2v) is 5.87. The molecule has 0 aliphatic rings. The molecule has 24 heavy (non-hydrogen) atoms. The monoisotopic (exact) mass is 325 g/mol. The number of carbonyl (C=O) groups excluding carboxylic acids is 1. The van der Waals surface area contributed by atoms with Crippen LogP contribution in [0.25, 0.3) is 10.9 Å². The van der Waals surface area contributed by atoms with E-state index >= 15 is 0 Å². The van der Waals surface area contributed by atoms with Crippen LogP contribution in [0.2, 0.25) is 0 Å². The molecule has 3 aromatic rings. The van der Waals surface area contributed by atoms with Gasteiger partial charge in [-0.3, -0.25) is 18.8 Å². The van der Waals surface area contributed by atoms with E-state index in [4.69, 9.17) is 0 Å². The second kappa shape index (κ2) is 5.92. The summed E-state index contributed by atoms with van der Waals surface area (Å²) in [5.74, 6) is -0.287. The summed E-state index contributed by atoms with van der Waals surface area (Å²) in [5.41, 5.74) is 3.66. The van der Waals surface area contributed by atoms with Crippen LogP contribution in [0, 0.1) is 20.8 Å². The average molecular weight is 325 g/mol. The van der Waals surface area contributed by atoms with Gasteiger partial charge in [-0.05, 0) is 32.4 Å². The minimum atomic E-state index is -0.287. The Morgan fingerprint density at radius 1 is 1.25 bits per heavy atom. The summed E-state index contributed by atoms with van der Waals surface area (Å²) in [5, 5.41) is 7.60. The number of benzene rings is 1. The standard InChI is InChI=1S/C17H19N5O2/c1-10-6-5-7-13-15(10)18-9-22(17(13)24)8-14(23)19-16-11(2)20-21(4)12(16)3/h5-7,9H,8H2,1-4H3,(H,19,23). The molecule has 0 bridgehead atoms. The van der Waals surface area contributed by atoms with Gasteiger partial charge < -0.3 is 5.32 Å². The topological polar surface area (TPSA) is 81.8 Å². The van der Waals surface area contributed by atoms with Gasteiger partial charge in [0.15, 0.2) is 0 Å². The van der Waals surface area contributed by atoms with Crippen molar-refractivity contribution in [2.75, 3.05) is 5.32 Å². The first-order chi connectivity index (χ1) is 11.4. The molecule has 0 fully saturated rings. The molecule has 0 aliphatic carbocycles. The highest BCUT2D eigenvalue weighted by molar-refractivity contribution is 5.92. The Labute approximate surface area is 138 Å². The Kier molecular flexibility index (Phi) is 3.92. The van der Waals surface area contributed by atoms with Gasteiger partial charge in [-0.2, -0.15) is 5.10 Å². The number of para-hydroxylation sites is 1. The molecular weight excluding hydrogens is 306 g/mol. The minimum Gasteiger partial charge on any atom is -0.321 e. The fourth-order valence-corrected chi connectivity index (χ4v) is 2.74. The molecule has 0 aliphatic heterocycles. The van der Waals surface area contributed by atoms with Gasteiger partial charge in [-0.25, -0.2) is 4.98 Å². The highest BCUT2D eigenvalue weighted by Gasteiger charge is 2.14. The van der Waals surface area contributed by atoms with Gasteiger partial charge in [0.25, 0.3) is 5.56 Å². The zero-order valence-electron chi connectivity index (χ0n) is 14.1. The summed E-state index contributed by atoms with van der Waals surface area (Å²) in [4.78, 5) is 29.2. The van der Waals surface area contributed by atoms with Crippen LogP contribution in [0.4, 0.5) is 5.69 Å². The SMILES string of the molecule is Cc1nn(C)c(C)c1NC(=O)Cn1cnc2c(C)cccc2c1=O. The lowest BCUT2D eigenvalue weighted by Crippen LogP contribution is -2.28. The molecule has 1 aromatic carbocycles. The number of amides is 1. The number of fused-ring (bicyclic) bond motifs is 1. The van der Waals surface area contributed by atoms with Crippen molar-refractivity contribution in [1.82, 2.24) is 19.3 Å². The van der Waals surface area contributed by atoms with E-state index in [1.165, 1.54) is 10.9 Å². The number of nitrogens with zero attached hydrogens (tertiary/aromatic N) is 4. The lowest BCUT2D eigenvalue weighted by atomic mass is 10.1. The van der Waals surface area contributed by atoms with E-state index in [0.29, 0.717) is 16.6 Å². The van der Waals surface area contributed by atoms with E-state index in [9.17, 15) is 9.59 Å². The molecule has 2 heterocycles. The summed E-state index contributed by atoms with van der Waals surface area (Å²) in [6.45, 7) is 5.51. The average Bonchev–Trinajstić information content (AvgIpc) is 2.77. The number of hydrogen-bond acceptors (Lipinski definition) is 4. The quantitative estimate of drug-likeness (QED) is 0.794. The van der Waals surface area contributed by atoms with Crippen LogP contribution in [0.15, 0.2) is 29.3 Å². The van der Waals surface area contributed by atoms with Crippen molar-refractivity contribution < 1.29 is 4.79 Å². The van der Waals surface area contributed by atoms with Gasteiger partial charge in [0.1, 0.15) is 6.54 Å². The first-order valence-electron chi connectivity index (χ1n) is 7.63. The van der Waals surface area contributed by atoms with Crippen LogP contribution < -0.4 is 10.9 Å². The number of rotatable bonds is 3. The lowest BCUT2D eigenvalue weighted by Gasteiger charge is -2.09. The molecule has 0 saturated heterocycles. The van der Waals surface area contributed by atoms with E-state index in [-0.39, 0.29) is 18.0 Å². The molecule has 1 amide bonds. The second-order valence-electron chi connectivity index (χ2n) is 5.87. The summed E-state index contributed by atoms with van der Waals surface area (Å²) in [6, 6.07) is 5.44. The highest BCUT2D eigenvalue weighted by atomic mass is 16.2. The van der Waals surface area contributed by atoms with E-state index in [2.05, 4.69) is 15.4 Å². The minimum absolute atomic E-state index is 0.0938. The fourth-order valence-electron chi connectivity index (χ4n) is 2.74. The Hall–Kier alpha value is -2.96. The van der Waals surface area contributed by atoms with Crippen LogP contribution >= 0.6 is 0 Å². The smallest absolute Gasteiger partial charge is 0.261 e. The fraction of sp³-hybridized carbons (Fsp3) is 0.294. The third-order valence-electron chi connectivity index (χ3n) is 4.14. The zero-order valence-corrected chi connectivity index (χ0v) is 14.1. The normalized spacial score (nSPS) is 11.0. The highest BCUT2D eigenvalue weighted by Crippen LogP contribution is 2.18. The summed E-state index contributed by atoms with van der Waals surface area (Å²) >= 11 is 0. The number of hydrogen-bond donors (Lipinski definition) is 1. The Morgan fingerprint density at radius 2 is 2.00 bits per heavy atom. The Bertz CT molecular complexity index is 1000. The first-order valence-corrected chi connectivity index (χ1v) is 7.63. The van der Waals surface area contributed by atoms with Gasteiger partial charge in [0.05, 0.1) is 34.3 Å². The van der Waals surface area contributed by atoms with Crippen LogP contribution in [0.1, 0.15) is 17.0 Å². The Morgan fingerprint density at radius 3 is 2.67 bits per heavy atom. The number of anilines is 1. The van der Waals surface area contributed by atoms with Crippen molar-refractivity contribution in [2.24, 2.45) is 7.05 Å². The van der Waals surface area contributed by atoms with Crippen LogP contribution in [-0.4, -0.2) is 25.2 Å². The largest absolute Gasteiger partial charge is 0.321 e. The van der Waals surface area contributed by atoms with Crippen molar-refractivity contribution in [1.29, 1.82) is 0 Å². The van der Waals surface area contributed by atoms with E-state index in [1.807, 2.05) is 40.0 Å². The van der Waals surface area contributed by atoms with Crippen molar-refractivity contribution >= 4 is 22.5 Å². The predicted octanol–water partition coefficient (Wildman–Crippen LogP) is 1.69. The predicted molar refractivity (Wildman–Crippen MR) is 92.1 cm³/mol. The molecule has 7 heteroatoms. The van der Waals surface area contributed by atoms with Crippen molar-refractivity contribution in [3.05, 3.63) is 51.8 Å². The molecule has 2 aromatic heterocycles. The van der Waals surface area contributed by atoms with Gasteiger partial charge in [0.2, 0.25) is 5.91 Å². The molecule has 3 rings (SSSR count). The van der Waals surface area contributed by atoms with Crippen molar-refractivity contribution in [3.63, 3.8) is 0 Å². The Balaban J connectivity index is 1.88. The molecule has 124 valence electrons. The number of aryl methyl sites for hydroxylation is 3. The molecule has 0 atom stereocenters. The van der Waals surface area contributed by atoms with Crippen molar-refractivity contribution in [2.45, 2.75) is 27.3 Å². The van der Waals surface area contributed by atoms with E-state index in [0.717, 1.165) is 17.0 Å². The van der Waals surface area contributed by atoms with Gasteiger partial charge in [0, 0.05) is 7.05 Å². The number of aromatic nitrogens is 4. The van der Waals surface area contributed by atoms with Crippen LogP contribution in [0.3, 0.4) is 0 Å². The van der Waals surface area contributed by atoms with E-state index < -0.39 is 0 Å².